The number of ether oxygens (including phenoxy) is 2. The highest BCUT2D eigenvalue weighted by Gasteiger charge is 2.16. The van der Waals surface area contributed by atoms with Gasteiger partial charge in [0.25, 0.3) is 0 Å². The summed E-state index contributed by atoms with van der Waals surface area (Å²) in [6.07, 6.45) is 4.49. The molecule has 6 heteroatoms. The number of methoxy groups -OCH3 is 1. The summed E-state index contributed by atoms with van der Waals surface area (Å²) in [5.41, 5.74) is 0.435. The maximum atomic E-state index is 10.8. The zero-order chi connectivity index (χ0) is 19.1. The summed E-state index contributed by atoms with van der Waals surface area (Å²) in [5.74, 6) is -0.261. The van der Waals surface area contributed by atoms with Gasteiger partial charge < -0.3 is 24.8 Å². The van der Waals surface area contributed by atoms with Gasteiger partial charge in [-0.3, -0.25) is 0 Å². The Morgan fingerprint density at radius 1 is 1.12 bits per heavy atom. The molecule has 0 aliphatic rings. The van der Waals surface area contributed by atoms with Crippen LogP contribution in [0, 0.1) is 0 Å². The van der Waals surface area contributed by atoms with Gasteiger partial charge in [-0.05, 0) is 37.1 Å². The Morgan fingerprint density at radius 3 is 2.24 bits per heavy atom. The number of hydrogen-bond donors (Lipinski definition) is 3. The largest absolute Gasteiger partial charge is 0.508 e. The Bertz CT molecular complexity index is 446. The van der Waals surface area contributed by atoms with E-state index in [1.165, 1.54) is 50.6 Å². The van der Waals surface area contributed by atoms with Crippen LogP contribution in [0.1, 0.15) is 56.3 Å². The monoisotopic (exact) mass is 356 g/mol. The Balaban J connectivity index is 0.000000472. The molecule has 25 heavy (non-hydrogen) atoms. The molecule has 0 saturated heterocycles. The number of benzene rings is 1. The maximum Gasteiger partial charge on any atom is 0.337 e. The van der Waals surface area contributed by atoms with Crippen molar-refractivity contribution in [1.82, 2.24) is 0 Å². The van der Waals surface area contributed by atoms with Crippen LogP contribution in [0.4, 0.5) is 0 Å². The third kappa shape index (κ3) is 10.8. The second-order valence-corrected chi connectivity index (χ2v) is 5.67. The molecule has 2 atom stereocenters. The van der Waals surface area contributed by atoms with E-state index in [0.29, 0.717) is 12.2 Å². The van der Waals surface area contributed by atoms with E-state index >= 15 is 0 Å². The van der Waals surface area contributed by atoms with Crippen LogP contribution in [0.5, 0.6) is 5.75 Å². The van der Waals surface area contributed by atoms with Gasteiger partial charge in [-0.1, -0.05) is 33.1 Å². The molecule has 0 aliphatic carbocycles. The third-order valence-electron chi connectivity index (χ3n) is 3.64. The number of aliphatic hydroxyl groups excluding tert-OH is 2. The first-order chi connectivity index (χ1) is 12.0. The van der Waals surface area contributed by atoms with E-state index in [4.69, 9.17) is 14.9 Å². The third-order valence-corrected chi connectivity index (χ3v) is 3.64. The van der Waals surface area contributed by atoms with Crippen LogP contribution in [0.3, 0.4) is 0 Å². The number of aromatic hydroxyl groups is 1. The van der Waals surface area contributed by atoms with Crippen molar-refractivity contribution in [3.05, 3.63) is 29.8 Å². The Morgan fingerprint density at radius 2 is 1.76 bits per heavy atom. The number of esters is 1. The number of carbonyl (C=O) groups excluding carboxylic acids is 1. The fraction of sp³-hybridized carbons (Fsp3) is 0.632. The average Bonchev–Trinajstić information content (AvgIpc) is 2.64. The van der Waals surface area contributed by atoms with Crippen molar-refractivity contribution in [2.45, 2.75) is 58.2 Å². The molecule has 0 bridgehead atoms. The zero-order valence-corrected chi connectivity index (χ0v) is 15.5. The Kier molecular flexibility index (Phi) is 13.7. The molecule has 0 aliphatic heterocycles. The number of aliphatic hydroxyl groups is 2. The normalized spacial score (nSPS) is 12.7. The van der Waals surface area contributed by atoms with E-state index in [-0.39, 0.29) is 18.5 Å². The molecular weight excluding hydrogens is 324 g/mol. The highest BCUT2D eigenvalue weighted by molar-refractivity contribution is 5.89. The summed E-state index contributed by atoms with van der Waals surface area (Å²) in [6, 6.07) is 5.88. The van der Waals surface area contributed by atoms with Crippen LogP contribution < -0.4 is 0 Å². The second-order valence-electron chi connectivity index (χ2n) is 5.67. The summed E-state index contributed by atoms with van der Waals surface area (Å²) in [4.78, 5) is 10.8. The number of phenols is 1. The molecule has 1 aromatic rings. The lowest BCUT2D eigenvalue weighted by atomic mass is 10.1. The van der Waals surface area contributed by atoms with Crippen LogP contribution in [0.25, 0.3) is 0 Å². The van der Waals surface area contributed by atoms with Crippen molar-refractivity contribution >= 4 is 5.97 Å². The van der Waals surface area contributed by atoms with Gasteiger partial charge >= 0.3 is 5.97 Å². The fourth-order valence-electron chi connectivity index (χ4n) is 2.10. The summed E-state index contributed by atoms with van der Waals surface area (Å²) >= 11 is 0. The van der Waals surface area contributed by atoms with E-state index < -0.39 is 12.1 Å². The van der Waals surface area contributed by atoms with E-state index in [0.717, 1.165) is 12.8 Å². The lowest BCUT2D eigenvalue weighted by Gasteiger charge is -2.20. The molecule has 0 heterocycles. The molecule has 0 saturated carbocycles. The van der Waals surface area contributed by atoms with Gasteiger partial charge in [0.1, 0.15) is 11.9 Å². The van der Waals surface area contributed by atoms with Gasteiger partial charge in [0.15, 0.2) is 0 Å². The predicted molar refractivity (Wildman–Crippen MR) is 96.7 cm³/mol. The number of carbonyl (C=O) groups is 1. The molecule has 0 spiro atoms. The molecule has 0 radical (unpaired) electrons. The van der Waals surface area contributed by atoms with Crippen LogP contribution in [-0.4, -0.2) is 53.8 Å². The predicted octanol–water partition coefficient (Wildman–Crippen LogP) is 2.89. The van der Waals surface area contributed by atoms with Crippen molar-refractivity contribution in [3.8, 4) is 5.75 Å². The molecule has 2 unspecified atom stereocenters. The molecule has 0 aromatic heterocycles. The molecule has 0 amide bonds. The maximum absolute atomic E-state index is 10.8. The van der Waals surface area contributed by atoms with Crippen LogP contribution in [-0.2, 0) is 9.47 Å². The molecule has 0 fully saturated rings. The van der Waals surface area contributed by atoms with Crippen molar-refractivity contribution in [2.75, 3.05) is 20.3 Å². The zero-order valence-electron chi connectivity index (χ0n) is 15.5. The number of rotatable bonds is 10. The first-order valence-electron chi connectivity index (χ1n) is 8.77. The van der Waals surface area contributed by atoms with Crippen LogP contribution in [0.2, 0.25) is 0 Å². The highest BCUT2D eigenvalue weighted by Crippen LogP contribution is 2.10. The second kappa shape index (κ2) is 14.7. The van der Waals surface area contributed by atoms with Crippen molar-refractivity contribution < 1.29 is 29.6 Å². The quantitative estimate of drug-likeness (QED) is 0.441. The minimum atomic E-state index is -0.730. The minimum Gasteiger partial charge on any atom is -0.508 e. The first-order valence-corrected chi connectivity index (χ1v) is 8.77. The molecule has 144 valence electrons. The molecular formula is C19H32O6. The Hall–Kier alpha value is -1.63. The van der Waals surface area contributed by atoms with Gasteiger partial charge in [0, 0.05) is 6.61 Å². The minimum absolute atomic E-state index is 0.137. The molecule has 6 nitrogen and oxygen atoms in total. The number of unbranched alkanes of at least 4 members (excludes halogenated alkanes) is 3. The van der Waals surface area contributed by atoms with E-state index in [1.807, 2.05) is 6.92 Å². The van der Waals surface area contributed by atoms with Gasteiger partial charge in [0.05, 0.1) is 25.4 Å². The first kappa shape index (κ1) is 23.4. The SMILES string of the molecule is CCCCCCOC(CC)C(O)CO.COC(=O)c1ccc(O)cc1. The van der Waals surface area contributed by atoms with Crippen LogP contribution in [0.15, 0.2) is 24.3 Å². The van der Waals surface area contributed by atoms with Crippen LogP contribution >= 0.6 is 0 Å². The summed E-state index contributed by atoms with van der Waals surface area (Å²) in [6.45, 7) is 4.60. The topological polar surface area (TPSA) is 96.2 Å². The average molecular weight is 356 g/mol. The molecule has 3 N–H and O–H groups in total. The Labute approximate surface area is 150 Å². The molecule has 1 rings (SSSR count). The fourth-order valence-corrected chi connectivity index (χ4v) is 2.10. The van der Waals surface area contributed by atoms with Gasteiger partial charge in [-0.15, -0.1) is 0 Å². The van der Waals surface area contributed by atoms with Crippen molar-refractivity contribution in [2.24, 2.45) is 0 Å². The number of hydrogen-bond acceptors (Lipinski definition) is 6. The summed E-state index contributed by atoms with van der Waals surface area (Å²) in [7, 11) is 1.31. The standard InChI is InChI=1S/C11H24O3.C8H8O3/c1-3-5-6-7-8-14-11(4-2)10(13)9-12;1-11-8(10)6-2-4-7(9)5-3-6/h10-13H,3-9H2,1-2H3;2-5,9H,1H3. The smallest absolute Gasteiger partial charge is 0.337 e. The van der Waals surface area contributed by atoms with Crippen molar-refractivity contribution in [3.63, 3.8) is 0 Å². The summed E-state index contributed by atoms with van der Waals surface area (Å²) in [5, 5.41) is 27.0. The van der Waals surface area contributed by atoms with E-state index in [2.05, 4.69) is 11.7 Å². The van der Waals surface area contributed by atoms with Gasteiger partial charge in [-0.25, -0.2) is 4.79 Å². The number of phenolic OH excluding ortho intramolecular Hbond substituents is 1. The van der Waals surface area contributed by atoms with E-state index in [1.54, 1.807) is 0 Å². The highest BCUT2D eigenvalue weighted by atomic mass is 16.5. The van der Waals surface area contributed by atoms with Gasteiger partial charge in [0.2, 0.25) is 0 Å². The molecule has 1 aromatic carbocycles. The summed E-state index contributed by atoms with van der Waals surface area (Å²) < 4.78 is 9.94. The lowest BCUT2D eigenvalue weighted by Crippen LogP contribution is -2.31. The van der Waals surface area contributed by atoms with Crippen molar-refractivity contribution in [1.29, 1.82) is 0 Å². The lowest BCUT2D eigenvalue weighted by molar-refractivity contribution is -0.0598. The van der Waals surface area contributed by atoms with E-state index in [9.17, 15) is 9.90 Å². The van der Waals surface area contributed by atoms with Gasteiger partial charge in [-0.2, -0.15) is 0 Å².